The van der Waals surface area contributed by atoms with E-state index in [9.17, 15) is 4.39 Å². The third kappa shape index (κ3) is 3.79. The molecule has 136 valence electrons. The van der Waals surface area contributed by atoms with E-state index in [-0.39, 0.29) is 5.82 Å². The Hall–Kier alpha value is -2.91. The van der Waals surface area contributed by atoms with E-state index in [0.29, 0.717) is 39.0 Å². The Kier molecular flexibility index (Phi) is 4.78. The molecule has 27 heavy (non-hydrogen) atoms. The van der Waals surface area contributed by atoms with Gasteiger partial charge in [-0.2, -0.15) is 4.98 Å². The molecule has 4 rings (SSSR count). The van der Waals surface area contributed by atoms with Crippen LogP contribution in [0.4, 0.5) is 4.39 Å². The lowest BCUT2D eigenvalue weighted by molar-refractivity contribution is 0.391. The molecule has 2 aromatic carbocycles. The summed E-state index contributed by atoms with van der Waals surface area (Å²) in [4.78, 5) is 4.34. The van der Waals surface area contributed by atoms with E-state index in [1.54, 1.807) is 24.3 Å². The van der Waals surface area contributed by atoms with Gasteiger partial charge < -0.3 is 10.4 Å². The van der Waals surface area contributed by atoms with Gasteiger partial charge in [-0.25, -0.2) is 9.07 Å². The summed E-state index contributed by atoms with van der Waals surface area (Å²) in [6.45, 7) is 0. The average molecular weight is 403 g/mol. The van der Waals surface area contributed by atoms with Gasteiger partial charge in [0, 0.05) is 16.1 Å². The van der Waals surface area contributed by atoms with Crippen LogP contribution in [0.1, 0.15) is 5.89 Å². The molecule has 0 aliphatic rings. The summed E-state index contributed by atoms with van der Waals surface area (Å²) in [6.07, 6.45) is 0. The second kappa shape index (κ2) is 7.37. The van der Waals surface area contributed by atoms with Crippen molar-refractivity contribution in [3.05, 3.63) is 65.3 Å². The van der Waals surface area contributed by atoms with Gasteiger partial charge in [0.05, 0.1) is 5.75 Å². The molecular weight excluding hydrogens is 391 g/mol. The molecule has 0 bridgehead atoms. The zero-order valence-electron chi connectivity index (χ0n) is 13.7. The molecule has 0 radical (unpaired) electrons. The van der Waals surface area contributed by atoms with Gasteiger partial charge in [0.2, 0.25) is 16.9 Å². The molecule has 10 heteroatoms. The zero-order chi connectivity index (χ0) is 18.8. The van der Waals surface area contributed by atoms with Crippen molar-refractivity contribution in [1.29, 1.82) is 0 Å². The predicted molar refractivity (Wildman–Crippen MR) is 99.9 cm³/mol. The van der Waals surface area contributed by atoms with Crippen LogP contribution >= 0.6 is 23.4 Å². The topological polar surface area (TPSA) is 95.7 Å². The van der Waals surface area contributed by atoms with Crippen molar-refractivity contribution in [1.82, 2.24) is 25.0 Å². The summed E-state index contributed by atoms with van der Waals surface area (Å²) < 4.78 is 19.9. The number of rotatable bonds is 5. The van der Waals surface area contributed by atoms with Crippen LogP contribution in [0, 0.1) is 5.82 Å². The summed E-state index contributed by atoms with van der Waals surface area (Å²) in [6, 6.07) is 13.1. The van der Waals surface area contributed by atoms with Crippen LogP contribution in [-0.4, -0.2) is 25.0 Å². The quantitative estimate of drug-likeness (QED) is 0.400. The molecule has 0 aliphatic carbocycles. The Morgan fingerprint density at radius 1 is 1.11 bits per heavy atom. The monoisotopic (exact) mass is 402 g/mol. The van der Waals surface area contributed by atoms with Gasteiger partial charge in [0.25, 0.3) is 0 Å². The molecule has 2 aromatic heterocycles. The molecule has 4 aromatic rings. The summed E-state index contributed by atoms with van der Waals surface area (Å²) >= 11 is 7.16. The second-order valence-electron chi connectivity index (χ2n) is 5.49. The van der Waals surface area contributed by atoms with Crippen LogP contribution in [0.25, 0.3) is 22.8 Å². The van der Waals surface area contributed by atoms with E-state index >= 15 is 0 Å². The van der Waals surface area contributed by atoms with Crippen molar-refractivity contribution in [2.45, 2.75) is 10.9 Å². The molecule has 0 saturated carbocycles. The molecule has 0 fully saturated rings. The predicted octanol–water partition coefficient (Wildman–Crippen LogP) is 3.79. The zero-order valence-corrected chi connectivity index (χ0v) is 15.3. The average Bonchev–Trinajstić information content (AvgIpc) is 3.27. The van der Waals surface area contributed by atoms with Gasteiger partial charge in [0.15, 0.2) is 5.82 Å². The third-order valence-corrected chi connectivity index (χ3v) is 4.82. The van der Waals surface area contributed by atoms with Crippen molar-refractivity contribution in [3.63, 3.8) is 0 Å². The fourth-order valence-corrected chi connectivity index (χ4v) is 3.18. The lowest BCUT2D eigenvalue weighted by Gasteiger charge is -2.02. The Morgan fingerprint density at radius 2 is 1.93 bits per heavy atom. The molecule has 2 heterocycles. The van der Waals surface area contributed by atoms with Crippen LogP contribution < -0.4 is 5.84 Å². The van der Waals surface area contributed by atoms with Gasteiger partial charge in [-0.05, 0) is 36.4 Å². The molecular formula is C17H12ClFN6OS. The minimum absolute atomic E-state index is 0.360. The molecule has 0 saturated heterocycles. The number of hydrogen-bond donors (Lipinski definition) is 1. The molecule has 0 amide bonds. The molecule has 7 nitrogen and oxygen atoms in total. The maximum atomic E-state index is 13.4. The minimum Gasteiger partial charge on any atom is -0.338 e. The number of nitrogens with two attached hydrogens (primary N) is 1. The van der Waals surface area contributed by atoms with Crippen LogP contribution in [0.2, 0.25) is 5.02 Å². The fraction of sp³-hybridized carbons (Fsp3) is 0.0588. The van der Waals surface area contributed by atoms with E-state index in [4.69, 9.17) is 22.0 Å². The van der Waals surface area contributed by atoms with Gasteiger partial charge in [0.1, 0.15) is 5.82 Å². The van der Waals surface area contributed by atoms with Crippen molar-refractivity contribution < 1.29 is 8.91 Å². The molecule has 0 spiro atoms. The van der Waals surface area contributed by atoms with Crippen molar-refractivity contribution in [2.24, 2.45) is 0 Å². The van der Waals surface area contributed by atoms with Crippen LogP contribution in [0.15, 0.2) is 58.2 Å². The normalized spacial score (nSPS) is 11.0. The highest BCUT2D eigenvalue weighted by Crippen LogP contribution is 2.25. The lowest BCUT2D eigenvalue weighted by Crippen LogP contribution is -2.11. The van der Waals surface area contributed by atoms with E-state index < -0.39 is 0 Å². The number of hydrogen-bond acceptors (Lipinski definition) is 7. The van der Waals surface area contributed by atoms with E-state index in [0.717, 1.165) is 5.56 Å². The van der Waals surface area contributed by atoms with Gasteiger partial charge in [-0.3, -0.25) is 0 Å². The Morgan fingerprint density at radius 3 is 2.70 bits per heavy atom. The maximum absolute atomic E-state index is 13.4. The first-order valence-electron chi connectivity index (χ1n) is 7.78. The van der Waals surface area contributed by atoms with Gasteiger partial charge >= 0.3 is 0 Å². The van der Waals surface area contributed by atoms with E-state index in [1.807, 2.05) is 12.1 Å². The lowest BCUT2D eigenvalue weighted by atomic mass is 10.2. The summed E-state index contributed by atoms with van der Waals surface area (Å²) in [5.41, 5.74) is 1.34. The van der Waals surface area contributed by atoms with E-state index in [1.165, 1.54) is 28.6 Å². The smallest absolute Gasteiger partial charge is 0.237 e. The Balaban J connectivity index is 1.47. The maximum Gasteiger partial charge on any atom is 0.237 e. The first kappa shape index (κ1) is 17.5. The first-order chi connectivity index (χ1) is 13.1. The van der Waals surface area contributed by atoms with Crippen molar-refractivity contribution in [3.8, 4) is 22.8 Å². The number of nitrogen functional groups attached to an aromatic ring is 1. The Labute approximate surface area is 162 Å². The third-order valence-electron chi connectivity index (χ3n) is 3.64. The summed E-state index contributed by atoms with van der Waals surface area (Å²) in [7, 11) is 0. The highest BCUT2D eigenvalue weighted by molar-refractivity contribution is 7.98. The van der Waals surface area contributed by atoms with Crippen LogP contribution in [0.3, 0.4) is 0 Å². The highest BCUT2D eigenvalue weighted by Gasteiger charge is 2.15. The highest BCUT2D eigenvalue weighted by atomic mass is 35.5. The van der Waals surface area contributed by atoms with Crippen molar-refractivity contribution in [2.75, 3.05) is 5.84 Å². The van der Waals surface area contributed by atoms with Crippen molar-refractivity contribution >= 4 is 23.4 Å². The van der Waals surface area contributed by atoms with Gasteiger partial charge in [-0.15, -0.1) is 10.2 Å². The number of aromatic nitrogens is 5. The number of nitrogens with zero attached hydrogens (tertiary/aromatic N) is 5. The first-order valence-corrected chi connectivity index (χ1v) is 9.14. The van der Waals surface area contributed by atoms with Gasteiger partial charge in [-0.1, -0.05) is 40.7 Å². The molecule has 0 atom stereocenters. The summed E-state index contributed by atoms with van der Waals surface area (Å²) in [5.74, 6) is 7.27. The van der Waals surface area contributed by atoms with Crippen LogP contribution in [-0.2, 0) is 5.75 Å². The summed E-state index contributed by atoms with van der Waals surface area (Å²) in [5, 5.41) is 13.1. The molecule has 0 unspecified atom stereocenters. The number of halogens is 2. The number of thioether (sulfide) groups is 1. The largest absolute Gasteiger partial charge is 0.338 e. The SMILES string of the molecule is Nn1c(SCc2nc(-c3ccc(Cl)cc3)no2)nnc1-c1cccc(F)c1. The standard InChI is InChI=1S/C17H12ClFN6OS/c18-12-6-4-10(5-7-12)15-21-14(26-24-15)9-27-17-23-22-16(25(17)20)11-2-1-3-13(19)8-11/h1-8H,9,20H2. The van der Waals surface area contributed by atoms with E-state index in [2.05, 4.69) is 20.3 Å². The Bertz CT molecular complexity index is 1080. The minimum atomic E-state index is -0.370. The molecule has 0 aliphatic heterocycles. The fourth-order valence-electron chi connectivity index (χ4n) is 2.36. The number of benzene rings is 2. The molecule has 2 N–H and O–H groups in total. The van der Waals surface area contributed by atoms with Crippen LogP contribution in [0.5, 0.6) is 0 Å². The second-order valence-corrected chi connectivity index (χ2v) is 6.87.